The van der Waals surface area contributed by atoms with Gasteiger partial charge in [0.15, 0.2) is 5.60 Å². The Kier molecular flexibility index (Phi) is 6.00. The van der Waals surface area contributed by atoms with Crippen molar-refractivity contribution in [2.75, 3.05) is 5.33 Å². The Balaban J connectivity index is 1.65. The number of nitrogens with one attached hydrogen (secondary N) is 1. The molecule has 3 aromatic carbocycles. The number of fused-ring (bicyclic) bond motifs is 3. The zero-order valence-corrected chi connectivity index (χ0v) is 17.8. The van der Waals surface area contributed by atoms with Crippen molar-refractivity contribution in [1.82, 2.24) is 5.32 Å². The number of alkyl halides is 1. The summed E-state index contributed by atoms with van der Waals surface area (Å²) < 4.78 is 6.25. The molecule has 0 heterocycles. The summed E-state index contributed by atoms with van der Waals surface area (Å²) in [5.74, 6) is 0. The Hall–Kier alpha value is -2.59. The number of hydrogen-bond donors (Lipinski definition) is 1. The molecule has 3 nitrogen and oxygen atoms in total. The summed E-state index contributed by atoms with van der Waals surface area (Å²) in [4.78, 5) is 12.9. The van der Waals surface area contributed by atoms with E-state index >= 15 is 0 Å². The number of alkyl carbamates (subject to hydrolysis) is 1. The Morgan fingerprint density at radius 1 is 0.828 bits per heavy atom. The highest BCUT2D eigenvalue weighted by Crippen LogP contribution is 2.52. The first-order valence-corrected chi connectivity index (χ1v) is 11.1. The third kappa shape index (κ3) is 3.95. The highest BCUT2D eigenvalue weighted by atomic mass is 79.9. The number of unbranched alkanes of at least 4 members (excludes halogenated alkanes) is 1. The van der Waals surface area contributed by atoms with Gasteiger partial charge in [-0.15, -0.1) is 0 Å². The van der Waals surface area contributed by atoms with Gasteiger partial charge < -0.3 is 10.1 Å². The van der Waals surface area contributed by atoms with Crippen molar-refractivity contribution in [3.05, 3.63) is 95.6 Å². The van der Waals surface area contributed by atoms with Crippen LogP contribution in [0.25, 0.3) is 11.1 Å². The zero-order valence-electron chi connectivity index (χ0n) is 16.2. The zero-order chi connectivity index (χ0) is 20.1. The largest absolute Gasteiger partial charge is 0.433 e. The molecule has 148 valence electrons. The maximum Gasteiger partial charge on any atom is 0.408 e. The van der Waals surface area contributed by atoms with Crippen LogP contribution in [0.1, 0.15) is 36.0 Å². The van der Waals surface area contributed by atoms with E-state index in [0.29, 0.717) is 6.54 Å². The second-order valence-electron chi connectivity index (χ2n) is 7.29. The first-order valence-electron chi connectivity index (χ1n) is 10.0. The second-order valence-corrected chi connectivity index (χ2v) is 8.09. The number of benzene rings is 3. The minimum Gasteiger partial charge on any atom is -0.433 e. The van der Waals surface area contributed by atoms with Crippen molar-refractivity contribution in [1.29, 1.82) is 0 Å². The molecule has 29 heavy (non-hydrogen) atoms. The van der Waals surface area contributed by atoms with Crippen molar-refractivity contribution < 1.29 is 9.53 Å². The van der Waals surface area contributed by atoms with Crippen molar-refractivity contribution in [2.45, 2.75) is 31.4 Å². The standard InChI is InChI=1S/C25H24BrNO2/c26-17-9-8-16-25(29-24(28)27-18-19-10-2-1-3-11-19)22-14-6-4-12-20(22)21-13-5-7-15-23(21)25/h1-7,10-15H,8-9,16-18H2,(H,27,28). The molecule has 0 saturated heterocycles. The molecule has 0 fully saturated rings. The van der Waals surface area contributed by atoms with Crippen LogP contribution in [-0.4, -0.2) is 11.4 Å². The molecular weight excluding hydrogens is 426 g/mol. The first-order chi connectivity index (χ1) is 14.2. The van der Waals surface area contributed by atoms with Gasteiger partial charge in [-0.3, -0.25) is 0 Å². The lowest BCUT2D eigenvalue weighted by molar-refractivity contribution is 0.0334. The van der Waals surface area contributed by atoms with Crippen LogP contribution in [0.2, 0.25) is 0 Å². The average molecular weight is 450 g/mol. The van der Waals surface area contributed by atoms with Gasteiger partial charge >= 0.3 is 6.09 Å². The van der Waals surface area contributed by atoms with Crippen LogP contribution in [0.3, 0.4) is 0 Å². The molecule has 1 amide bonds. The van der Waals surface area contributed by atoms with Crippen molar-refractivity contribution in [3.8, 4) is 11.1 Å². The van der Waals surface area contributed by atoms with E-state index in [1.165, 1.54) is 0 Å². The van der Waals surface area contributed by atoms with Crippen molar-refractivity contribution >= 4 is 22.0 Å². The van der Waals surface area contributed by atoms with Crippen LogP contribution >= 0.6 is 15.9 Å². The third-order valence-corrected chi connectivity index (χ3v) is 6.03. The van der Waals surface area contributed by atoms with E-state index < -0.39 is 5.60 Å². The predicted octanol–water partition coefficient (Wildman–Crippen LogP) is 6.40. The van der Waals surface area contributed by atoms with Crippen LogP contribution in [0.15, 0.2) is 78.9 Å². The summed E-state index contributed by atoms with van der Waals surface area (Å²) in [6.45, 7) is 0.445. The van der Waals surface area contributed by atoms with Gasteiger partial charge in [-0.25, -0.2) is 4.79 Å². The fourth-order valence-electron chi connectivity index (χ4n) is 4.15. The Bertz CT molecular complexity index is 941. The van der Waals surface area contributed by atoms with Crippen LogP contribution in [0.4, 0.5) is 4.79 Å². The fourth-order valence-corrected chi connectivity index (χ4v) is 4.55. The lowest BCUT2D eigenvalue weighted by Gasteiger charge is -2.32. The Morgan fingerprint density at radius 2 is 1.41 bits per heavy atom. The van der Waals surface area contributed by atoms with Crippen molar-refractivity contribution in [3.63, 3.8) is 0 Å². The van der Waals surface area contributed by atoms with Crippen LogP contribution in [-0.2, 0) is 16.9 Å². The number of rotatable bonds is 7. The normalized spacial score (nSPS) is 13.4. The molecule has 1 aliphatic rings. The Morgan fingerprint density at radius 3 is 2.03 bits per heavy atom. The SMILES string of the molecule is O=C(NCc1ccccc1)OC1(CCCCBr)c2ccccc2-c2ccccc21. The molecule has 0 radical (unpaired) electrons. The molecule has 1 aliphatic carbocycles. The van der Waals surface area contributed by atoms with Gasteiger partial charge in [0.25, 0.3) is 0 Å². The molecule has 4 rings (SSSR count). The number of ether oxygens (including phenoxy) is 1. The molecule has 0 bridgehead atoms. The second kappa shape index (κ2) is 8.83. The molecule has 0 unspecified atom stereocenters. The fraction of sp³-hybridized carbons (Fsp3) is 0.240. The molecular formula is C25H24BrNO2. The third-order valence-electron chi connectivity index (χ3n) is 5.47. The molecule has 1 N–H and O–H groups in total. The highest BCUT2D eigenvalue weighted by molar-refractivity contribution is 9.09. The van der Waals surface area contributed by atoms with Crippen LogP contribution < -0.4 is 5.32 Å². The topological polar surface area (TPSA) is 38.3 Å². The quantitative estimate of drug-likeness (QED) is 0.334. The van der Waals surface area contributed by atoms with Crippen molar-refractivity contribution in [2.24, 2.45) is 0 Å². The van der Waals surface area contributed by atoms with E-state index in [1.54, 1.807) is 0 Å². The number of amides is 1. The summed E-state index contributed by atoms with van der Waals surface area (Å²) >= 11 is 3.52. The summed E-state index contributed by atoms with van der Waals surface area (Å²) in [6.07, 6.45) is 2.35. The minimum absolute atomic E-state index is 0.390. The van der Waals surface area contributed by atoms with Gasteiger partial charge in [0.2, 0.25) is 0 Å². The van der Waals surface area contributed by atoms with E-state index in [9.17, 15) is 4.79 Å². The van der Waals surface area contributed by atoms with Gasteiger partial charge in [-0.2, -0.15) is 0 Å². The summed E-state index contributed by atoms with van der Waals surface area (Å²) in [6, 6.07) is 26.4. The molecule has 0 spiro atoms. The van der Waals surface area contributed by atoms with Crippen LogP contribution in [0.5, 0.6) is 0 Å². The summed E-state index contributed by atoms with van der Waals surface area (Å²) in [7, 11) is 0. The first kappa shape index (κ1) is 19.7. The van der Waals surface area contributed by atoms with E-state index in [4.69, 9.17) is 4.74 Å². The maximum atomic E-state index is 12.9. The average Bonchev–Trinajstić information content (AvgIpc) is 3.04. The lowest BCUT2D eigenvalue weighted by Crippen LogP contribution is -2.36. The molecule has 0 atom stereocenters. The number of halogens is 1. The molecule has 0 aromatic heterocycles. The molecule has 4 heteroatoms. The summed E-state index contributed by atoms with van der Waals surface area (Å²) in [5, 5.41) is 3.87. The smallest absolute Gasteiger partial charge is 0.408 e. The molecule has 0 aliphatic heterocycles. The van der Waals surface area contributed by atoms with E-state index in [1.807, 2.05) is 54.6 Å². The monoisotopic (exact) mass is 449 g/mol. The van der Waals surface area contributed by atoms with Gasteiger partial charge in [0, 0.05) is 23.0 Å². The van der Waals surface area contributed by atoms with E-state index in [2.05, 4.69) is 45.5 Å². The van der Waals surface area contributed by atoms with Gasteiger partial charge in [0.1, 0.15) is 0 Å². The number of carbonyl (C=O) groups excluding carboxylic acids is 1. The highest BCUT2D eigenvalue weighted by Gasteiger charge is 2.46. The number of carbonyl (C=O) groups is 1. The lowest BCUT2D eigenvalue weighted by atomic mass is 9.86. The van der Waals surface area contributed by atoms with Gasteiger partial charge in [-0.1, -0.05) is 94.8 Å². The molecule has 3 aromatic rings. The van der Waals surface area contributed by atoms with E-state index in [0.717, 1.165) is 52.4 Å². The maximum absolute atomic E-state index is 12.9. The van der Waals surface area contributed by atoms with Crippen LogP contribution in [0, 0.1) is 0 Å². The van der Waals surface area contributed by atoms with Gasteiger partial charge in [-0.05, 0) is 36.0 Å². The van der Waals surface area contributed by atoms with E-state index in [-0.39, 0.29) is 6.09 Å². The Labute approximate surface area is 180 Å². The van der Waals surface area contributed by atoms with Gasteiger partial charge in [0.05, 0.1) is 0 Å². The number of hydrogen-bond acceptors (Lipinski definition) is 2. The predicted molar refractivity (Wildman–Crippen MR) is 120 cm³/mol. The molecule has 0 saturated carbocycles. The summed E-state index contributed by atoms with van der Waals surface area (Å²) in [5.41, 5.74) is 4.74. The minimum atomic E-state index is -0.754.